The standard InChI is InChI=1S/C29H32N8O2S/c1-18-14-31-29(40-18)34-28(39)20-7-5-19(6-8-20)23-16-37(27-25(23)26(30)32-17-33-27)22-11-13-36(15-22)24(38)4-3-12-35(2)21-9-10-21/h3-8,14,16-17,21-22H,9-13,15H2,1-2H3,(H2,30,32,33)(H,31,34,39). The number of amides is 2. The summed E-state index contributed by atoms with van der Waals surface area (Å²) >= 11 is 1.43. The summed E-state index contributed by atoms with van der Waals surface area (Å²) in [5.41, 5.74) is 9.41. The Morgan fingerprint density at radius 3 is 2.70 bits per heavy atom. The predicted molar refractivity (Wildman–Crippen MR) is 157 cm³/mol. The Balaban J connectivity index is 1.20. The van der Waals surface area contributed by atoms with Crippen LogP contribution in [0.4, 0.5) is 10.9 Å². The van der Waals surface area contributed by atoms with E-state index in [1.807, 2.05) is 36.2 Å². The molecule has 1 saturated carbocycles. The number of carbonyl (C=O) groups excluding carboxylic acids is 2. The van der Waals surface area contributed by atoms with Crippen LogP contribution in [0.2, 0.25) is 0 Å². The van der Waals surface area contributed by atoms with Gasteiger partial charge in [0.2, 0.25) is 5.91 Å². The maximum absolute atomic E-state index is 12.9. The molecule has 10 nitrogen and oxygen atoms in total. The molecule has 3 N–H and O–H groups in total. The molecule has 1 atom stereocenters. The molecule has 1 aliphatic heterocycles. The molecule has 6 rings (SSSR count). The highest BCUT2D eigenvalue weighted by Gasteiger charge is 2.29. The van der Waals surface area contributed by atoms with E-state index in [-0.39, 0.29) is 17.9 Å². The van der Waals surface area contributed by atoms with Crippen molar-refractivity contribution in [3.8, 4) is 11.1 Å². The summed E-state index contributed by atoms with van der Waals surface area (Å²) in [4.78, 5) is 43.8. The van der Waals surface area contributed by atoms with Gasteiger partial charge in [0.25, 0.3) is 5.91 Å². The molecule has 4 heterocycles. The molecule has 4 aromatic rings. The number of fused-ring (bicyclic) bond motifs is 1. The largest absolute Gasteiger partial charge is 0.383 e. The number of nitrogens with two attached hydrogens (primary N) is 1. The number of hydrogen-bond acceptors (Lipinski definition) is 8. The van der Waals surface area contributed by atoms with Gasteiger partial charge in [-0.15, -0.1) is 11.3 Å². The number of carbonyl (C=O) groups is 2. The number of anilines is 2. The average molecular weight is 557 g/mol. The van der Waals surface area contributed by atoms with E-state index < -0.39 is 0 Å². The highest BCUT2D eigenvalue weighted by molar-refractivity contribution is 7.15. The monoisotopic (exact) mass is 556 g/mol. The minimum absolute atomic E-state index is 0.0410. The van der Waals surface area contributed by atoms with Crippen LogP contribution < -0.4 is 11.1 Å². The van der Waals surface area contributed by atoms with E-state index in [0.29, 0.717) is 35.6 Å². The fraction of sp³-hybridized carbons (Fsp3) is 0.345. The summed E-state index contributed by atoms with van der Waals surface area (Å²) in [7, 11) is 2.10. The normalized spacial score (nSPS) is 17.4. The van der Waals surface area contributed by atoms with Crippen molar-refractivity contribution in [2.24, 2.45) is 0 Å². The lowest BCUT2D eigenvalue weighted by Gasteiger charge is -2.16. The van der Waals surface area contributed by atoms with Crippen LogP contribution in [-0.2, 0) is 4.79 Å². The molecule has 1 aromatic carbocycles. The first-order valence-electron chi connectivity index (χ1n) is 13.5. The Hall–Kier alpha value is -4.09. The Labute approximate surface area is 236 Å². The van der Waals surface area contributed by atoms with E-state index in [1.165, 1.54) is 30.5 Å². The summed E-state index contributed by atoms with van der Waals surface area (Å²) in [5, 5.41) is 4.19. The Bertz CT molecular complexity index is 1590. The minimum Gasteiger partial charge on any atom is -0.383 e. The van der Waals surface area contributed by atoms with Gasteiger partial charge in [-0.25, -0.2) is 15.0 Å². The van der Waals surface area contributed by atoms with E-state index in [4.69, 9.17) is 5.73 Å². The van der Waals surface area contributed by atoms with Crippen molar-refractivity contribution in [3.63, 3.8) is 0 Å². The molecule has 2 aliphatic rings. The first-order chi connectivity index (χ1) is 19.4. The highest BCUT2D eigenvalue weighted by Crippen LogP contribution is 2.36. The maximum Gasteiger partial charge on any atom is 0.257 e. The number of aryl methyl sites for hydroxylation is 1. The number of likely N-dealkylation sites (tertiary alicyclic amines) is 1. The molecular formula is C29H32N8O2S. The van der Waals surface area contributed by atoms with Crippen molar-refractivity contribution in [3.05, 3.63) is 65.6 Å². The van der Waals surface area contributed by atoms with E-state index in [2.05, 4.69) is 36.8 Å². The second-order valence-electron chi connectivity index (χ2n) is 10.5. The van der Waals surface area contributed by atoms with Gasteiger partial charge in [0, 0.05) is 60.1 Å². The van der Waals surface area contributed by atoms with E-state index in [9.17, 15) is 9.59 Å². The summed E-state index contributed by atoms with van der Waals surface area (Å²) in [6, 6.07) is 8.13. The first kappa shape index (κ1) is 26.1. The van der Waals surface area contributed by atoms with Gasteiger partial charge in [-0.2, -0.15) is 0 Å². The lowest BCUT2D eigenvalue weighted by Crippen LogP contribution is -2.28. The third-order valence-electron chi connectivity index (χ3n) is 7.63. The van der Waals surface area contributed by atoms with Crippen molar-refractivity contribution in [2.75, 3.05) is 37.7 Å². The zero-order valence-corrected chi connectivity index (χ0v) is 23.4. The number of benzene rings is 1. The van der Waals surface area contributed by atoms with Gasteiger partial charge in [0.05, 0.1) is 11.4 Å². The van der Waals surface area contributed by atoms with Crippen LogP contribution >= 0.6 is 11.3 Å². The number of aromatic nitrogens is 4. The molecule has 0 spiro atoms. The van der Waals surface area contributed by atoms with Gasteiger partial charge in [-0.1, -0.05) is 18.2 Å². The summed E-state index contributed by atoms with van der Waals surface area (Å²) < 4.78 is 2.12. The van der Waals surface area contributed by atoms with Gasteiger partial charge in [0.15, 0.2) is 5.13 Å². The van der Waals surface area contributed by atoms with Crippen molar-refractivity contribution in [2.45, 2.75) is 38.3 Å². The molecule has 1 aliphatic carbocycles. The second kappa shape index (κ2) is 10.8. The molecule has 2 fully saturated rings. The topological polar surface area (TPSA) is 122 Å². The van der Waals surface area contributed by atoms with Gasteiger partial charge in [-0.05, 0) is 50.9 Å². The molecule has 40 heavy (non-hydrogen) atoms. The Morgan fingerprint density at radius 1 is 1.18 bits per heavy atom. The van der Waals surface area contributed by atoms with E-state index >= 15 is 0 Å². The first-order valence-corrected chi connectivity index (χ1v) is 14.3. The number of thiazole rings is 1. The molecule has 0 bridgehead atoms. The number of nitrogens with one attached hydrogen (secondary N) is 1. The molecule has 206 valence electrons. The summed E-state index contributed by atoms with van der Waals surface area (Å²) in [6.07, 6.45) is 12.2. The van der Waals surface area contributed by atoms with Crippen LogP contribution in [0.5, 0.6) is 0 Å². The van der Waals surface area contributed by atoms with Gasteiger partial charge in [0.1, 0.15) is 17.8 Å². The van der Waals surface area contributed by atoms with Crippen molar-refractivity contribution in [1.29, 1.82) is 0 Å². The fourth-order valence-corrected chi connectivity index (χ4v) is 5.91. The van der Waals surface area contributed by atoms with Crippen molar-refractivity contribution in [1.82, 2.24) is 29.3 Å². The highest BCUT2D eigenvalue weighted by atomic mass is 32.1. The van der Waals surface area contributed by atoms with Gasteiger partial charge >= 0.3 is 0 Å². The minimum atomic E-state index is -0.213. The number of likely N-dealkylation sites (N-methyl/N-ethyl adjacent to an activating group) is 1. The van der Waals surface area contributed by atoms with Crippen LogP contribution in [0.3, 0.4) is 0 Å². The van der Waals surface area contributed by atoms with Gasteiger partial charge in [-0.3, -0.25) is 19.8 Å². The molecule has 2 amide bonds. The summed E-state index contributed by atoms with van der Waals surface area (Å²) in [6.45, 7) is 4.02. The number of nitrogen functional groups attached to an aromatic ring is 1. The molecule has 3 aromatic heterocycles. The van der Waals surface area contributed by atoms with E-state index in [0.717, 1.165) is 40.0 Å². The van der Waals surface area contributed by atoms with Crippen LogP contribution in [0.1, 0.15) is 40.5 Å². The van der Waals surface area contributed by atoms with Crippen LogP contribution in [-0.4, -0.2) is 73.9 Å². The van der Waals surface area contributed by atoms with Crippen molar-refractivity contribution < 1.29 is 9.59 Å². The Kier molecular flexibility index (Phi) is 7.07. The second-order valence-corrected chi connectivity index (χ2v) is 11.7. The van der Waals surface area contributed by atoms with Crippen molar-refractivity contribution >= 4 is 45.1 Å². The smallest absolute Gasteiger partial charge is 0.257 e. The van der Waals surface area contributed by atoms with Crippen LogP contribution in [0.15, 0.2) is 55.1 Å². The maximum atomic E-state index is 12.9. The molecule has 11 heteroatoms. The summed E-state index contributed by atoms with van der Waals surface area (Å²) in [5.74, 6) is 0.225. The third kappa shape index (κ3) is 5.34. The van der Waals surface area contributed by atoms with Crippen LogP contribution in [0.25, 0.3) is 22.2 Å². The third-order valence-corrected chi connectivity index (χ3v) is 8.46. The van der Waals surface area contributed by atoms with Crippen LogP contribution in [0, 0.1) is 6.92 Å². The molecule has 1 saturated heterocycles. The lowest BCUT2D eigenvalue weighted by molar-refractivity contribution is -0.125. The zero-order valence-electron chi connectivity index (χ0n) is 22.6. The van der Waals surface area contributed by atoms with Gasteiger partial charge < -0.3 is 15.2 Å². The Morgan fingerprint density at radius 2 is 1.98 bits per heavy atom. The molecular weight excluding hydrogens is 524 g/mol. The lowest BCUT2D eigenvalue weighted by atomic mass is 10.0. The average Bonchev–Trinajstić information content (AvgIpc) is 3.34. The fourth-order valence-electron chi connectivity index (χ4n) is 5.25. The number of rotatable bonds is 8. The quantitative estimate of drug-likeness (QED) is 0.313. The van der Waals surface area contributed by atoms with E-state index in [1.54, 1.807) is 24.4 Å². The predicted octanol–water partition coefficient (Wildman–Crippen LogP) is 4.12. The number of hydrogen-bond donors (Lipinski definition) is 2. The zero-order chi connectivity index (χ0) is 27.8. The molecule has 1 unspecified atom stereocenters. The molecule has 0 radical (unpaired) electrons. The number of nitrogens with zero attached hydrogens (tertiary/aromatic N) is 6. The SMILES string of the molecule is Cc1cnc(NC(=O)c2ccc(-c3cn(C4CCN(C(=O)C=CCN(C)C5CC5)C4)c4ncnc(N)c34)cc2)s1.